The van der Waals surface area contributed by atoms with Crippen LogP contribution in [0.25, 0.3) is 0 Å². The summed E-state index contributed by atoms with van der Waals surface area (Å²) in [5, 5.41) is 18.4. The van der Waals surface area contributed by atoms with Gasteiger partial charge in [-0.3, -0.25) is 0 Å². The summed E-state index contributed by atoms with van der Waals surface area (Å²) in [6.07, 6.45) is 0. The second-order valence-electron chi connectivity index (χ2n) is 4.44. The highest BCUT2D eigenvalue weighted by Gasteiger charge is 2.47. The Morgan fingerprint density at radius 3 is 1.15 bits per heavy atom. The fourth-order valence-electron chi connectivity index (χ4n) is 2.04. The van der Waals surface area contributed by atoms with Crippen LogP contribution in [0.3, 0.4) is 0 Å². The Bertz CT molecular complexity index is 807. The third-order valence-corrected chi connectivity index (χ3v) is 3.22. The highest BCUT2D eigenvalue weighted by Crippen LogP contribution is 2.51. The van der Waals surface area contributed by atoms with Crippen LogP contribution in [0.4, 0.5) is 0 Å². The number of carbonyl (C=O) groups excluding carboxylic acids is 4. The lowest BCUT2D eigenvalue weighted by Gasteiger charge is -2.01. The van der Waals surface area contributed by atoms with E-state index in [0.717, 1.165) is 28.4 Å². The molecule has 0 heterocycles. The standard InChI is InChI=1S/C16H12N2O8/c1-23-13(19)7(5-17)9-10(8(6-18)14(20)24-2)11(9)12(15(21)25-3)16(22)26-4/h1-4H3. The number of rotatable bonds is 4. The Hall–Kier alpha value is -3.92. The monoisotopic (exact) mass is 360 g/mol. The van der Waals surface area contributed by atoms with Gasteiger partial charge in [-0.05, 0) is 0 Å². The molecular formula is C16H12N2O8. The highest BCUT2D eigenvalue weighted by atomic mass is 16.5. The van der Waals surface area contributed by atoms with Crippen LogP contribution in [0.15, 0.2) is 33.4 Å². The topological polar surface area (TPSA) is 153 Å². The van der Waals surface area contributed by atoms with Crippen molar-refractivity contribution in [3.05, 3.63) is 33.4 Å². The molecule has 1 fully saturated rings. The maximum Gasteiger partial charge on any atom is 0.349 e. The molecule has 0 atom stereocenters. The van der Waals surface area contributed by atoms with Crippen molar-refractivity contribution in [1.29, 1.82) is 10.5 Å². The van der Waals surface area contributed by atoms with Gasteiger partial charge in [0.05, 0.1) is 28.4 Å². The van der Waals surface area contributed by atoms with Gasteiger partial charge in [-0.25, -0.2) is 19.2 Å². The van der Waals surface area contributed by atoms with Gasteiger partial charge < -0.3 is 18.9 Å². The van der Waals surface area contributed by atoms with Crippen molar-refractivity contribution in [3.8, 4) is 12.1 Å². The number of carbonyl (C=O) groups is 4. The van der Waals surface area contributed by atoms with Gasteiger partial charge in [0.1, 0.15) is 23.3 Å². The number of methoxy groups -OCH3 is 4. The molecule has 0 N–H and O–H groups in total. The van der Waals surface area contributed by atoms with Gasteiger partial charge in [0, 0.05) is 16.7 Å². The van der Waals surface area contributed by atoms with Crippen LogP contribution in [0.1, 0.15) is 0 Å². The predicted molar refractivity (Wildman–Crippen MR) is 80.4 cm³/mol. The summed E-state index contributed by atoms with van der Waals surface area (Å²) < 4.78 is 17.9. The molecule has 0 aromatic rings. The van der Waals surface area contributed by atoms with Crippen LogP contribution in [-0.4, -0.2) is 52.3 Å². The van der Waals surface area contributed by atoms with Crippen molar-refractivity contribution in [2.45, 2.75) is 0 Å². The number of nitriles is 2. The summed E-state index contributed by atoms with van der Waals surface area (Å²) in [5.74, 6) is -4.48. The van der Waals surface area contributed by atoms with E-state index in [1.54, 1.807) is 12.1 Å². The van der Waals surface area contributed by atoms with E-state index in [0.29, 0.717) is 0 Å². The van der Waals surface area contributed by atoms with Crippen molar-refractivity contribution in [3.63, 3.8) is 0 Å². The molecule has 10 nitrogen and oxygen atoms in total. The largest absolute Gasteiger partial charge is 0.465 e. The normalized spacial score (nSPS) is 15.5. The Balaban J connectivity index is 4.02. The maximum atomic E-state index is 12.0. The van der Waals surface area contributed by atoms with E-state index in [4.69, 9.17) is 0 Å². The zero-order valence-corrected chi connectivity index (χ0v) is 14.2. The molecule has 134 valence electrons. The zero-order valence-electron chi connectivity index (χ0n) is 14.2. The smallest absolute Gasteiger partial charge is 0.349 e. The van der Waals surface area contributed by atoms with Crippen LogP contribution >= 0.6 is 0 Å². The van der Waals surface area contributed by atoms with Crippen molar-refractivity contribution >= 4 is 23.9 Å². The van der Waals surface area contributed by atoms with Gasteiger partial charge in [0.25, 0.3) is 0 Å². The molecule has 10 heteroatoms. The molecule has 0 amide bonds. The number of nitrogens with zero attached hydrogens (tertiary/aromatic N) is 2. The van der Waals surface area contributed by atoms with E-state index in [1.165, 1.54) is 0 Å². The minimum atomic E-state index is -1.15. The van der Waals surface area contributed by atoms with Gasteiger partial charge in [0.2, 0.25) is 0 Å². The molecule has 1 aliphatic carbocycles. The first-order chi connectivity index (χ1) is 12.3. The second kappa shape index (κ2) is 8.26. The van der Waals surface area contributed by atoms with Crippen LogP contribution in [0.5, 0.6) is 0 Å². The summed E-state index contributed by atoms with van der Waals surface area (Å²) in [7, 11) is 3.97. The van der Waals surface area contributed by atoms with Crippen LogP contribution < -0.4 is 0 Å². The molecule has 0 unspecified atom stereocenters. The Morgan fingerprint density at radius 1 is 0.615 bits per heavy atom. The van der Waals surface area contributed by atoms with E-state index in [-0.39, 0.29) is 16.7 Å². The number of hydrogen-bond acceptors (Lipinski definition) is 10. The summed E-state index contributed by atoms with van der Waals surface area (Å²) in [5.41, 5.74) is -2.75. The fourth-order valence-corrected chi connectivity index (χ4v) is 2.04. The van der Waals surface area contributed by atoms with E-state index in [1.807, 2.05) is 0 Å². The number of hydrogen-bond donors (Lipinski definition) is 0. The molecule has 0 spiro atoms. The summed E-state index contributed by atoms with van der Waals surface area (Å²) in [4.78, 5) is 47.5. The van der Waals surface area contributed by atoms with Gasteiger partial charge in [-0.1, -0.05) is 0 Å². The summed E-state index contributed by atoms with van der Waals surface area (Å²) in [6, 6.07) is 3.10. The van der Waals surface area contributed by atoms with Gasteiger partial charge in [0.15, 0.2) is 5.57 Å². The van der Waals surface area contributed by atoms with E-state index in [2.05, 4.69) is 18.9 Å². The first-order valence-electron chi connectivity index (χ1n) is 6.71. The molecule has 0 aliphatic heterocycles. The number of allylic oxidation sites excluding steroid dienone is 3. The minimum absolute atomic E-state index is 0.271. The third-order valence-electron chi connectivity index (χ3n) is 3.22. The number of ether oxygens (including phenoxy) is 4. The van der Waals surface area contributed by atoms with Crippen LogP contribution in [0, 0.1) is 22.7 Å². The highest BCUT2D eigenvalue weighted by molar-refractivity contribution is 6.21. The summed E-state index contributed by atoms with van der Waals surface area (Å²) >= 11 is 0. The number of esters is 4. The van der Waals surface area contributed by atoms with Gasteiger partial charge >= 0.3 is 23.9 Å². The van der Waals surface area contributed by atoms with Crippen molar-refractivity contribution in [2.75, 3.05) is 28.4 Å². The molecule has 0 bridgehead atoms. The Labute approximate surface area is 147 Å². The Morgan fingerprint density at radius 2 is 0.923 bits per heavy atom. The predicted octanol–water partition coefficient (Wildman–Crippen LogP) is -0.371. The van der Waals surface area contributed by atoms with E-state index < -0.39 is 40.6 Å². The Kier molecular flexibility index (Phi) is 6.39. The zero-order chi connectivity index (χ0) is 20.0. The van der Waals surface area contributed by atoms with Gasteiger partial charge in [-0.15, -0.1) is 0 Å². The summed E-state index contributed by atoms with van der Waals surface area (Å²) in [6.45, 7) is 0. The molecule has 26 heavy (non-hydrogen) atoms. The first-order valence-corrected chi connectivity index (χ1v) is 6.71. The van der Waals surface area contributed by atoms with E-state index >= 15 is 0 Å². The van der Waals surface area contributed by atoms with Gasteiger partial charge in [-0.2, -0.15) is 10.5 Å². The second-order valence-corrected chi connectivity index (χ2v) is 4.44. The first kappa shape index (κ1) is 20.1. The third kappa shape index (κ3) is 3.44. The average Bonchev–Trinajstić information content (AvgIpc) is 3.35. The lowest BCUT2D eigenvalue weighted by molar-refractivity contribution is -0.144. The maximum absolute atomic E-state index is 12.0. The average molecular weight is 360 g/mol. The van der Waals surface area contributed by atoms with Crippen molar-refractivity contribution in [1.82, 2.24) is 0 Å². The molecule has 1 rings (SSSR count). The lowest BCUT2D eigenvalue weighted by atomic mass is 10.2. The minimum Gasteiger partial charge on any atom is -0.465 e. The molecule has 0 aromatic carbocycles. The van der Waals surface area contributed by atoms with Crippen LogP contribution in [-0.2, 0) is 38.1 Å². The fraction of sp³-hybridized carbons (Fsp3) is 0.250. The molecule has 1 saturated carbocycles. The lowest BCUT2D eigenvalue weighted by Crippen LogP contribution is -2.16. The molecule has 1 aliphatic rings. The van der Waals surface area contributed by atoms with Crippen molar-refractivity contribution < 1.29 is 38.1 Å². The quantitative estimate of drug-likeness (QED) is 0.162. The van der Waals surface area contributed by atoms with Crippen LogP contribution in [0.2, 0.25) is 0 Å². The molecule has 0 radical (unpaired) electrons. The SMILES string of the molecule is COC(=O)C(C#N)=C1C(=C(C#N)C(=O)OC)C1=C(C(=O)OC)C(=O)OC. The molecular weight excluding hydrogens is 348 g/mol. The molecule has 0 saturated heterocycles. The molecule has 0 aromatic heterocycles. The van der Waals surface area contributed by atoms with E-state index in [9.17, 15) is 29.7 Å². The van der Waals surface area contributed by atoms with Crippen molar-refractivity contribution in [2.24, 2.45) is 0 Å².